The number of hydrogen-bond donors (Lipinski definition) is 4. The van der Waals surface area contributed by atoms with Gasteiger partial charge >= 0.3 is 6.03 Å². The molecule has 2 rings (SSSR count). The average molecular weight is 341 g/mol. The fraction of sp³-hybridized carbons (Fsp3) is 0.500. The molecule has 1 aromatic carbocycles. The van der Waals surface area contributed by atoms with Crippen molar-refractivity contribution in [2.24, 2.45) is 0 Å². The van der Waals surface area contributed by atoms with Crippen LogP contribution in [-0.2, 0) is 0 Å². The molecule has 0 bridgehead atoms. The Bertz CT molecular complexity index is 531. The molecule has 23 heavy (non-hydrogen) atoms. The highest BCUT2D eigenvalue weighted by atomic mass is 35.5. The van der Waals surface area contributed by atoms with E-state index in [2.05, 4.69) is 21.3 Å². The van der Waals surface area contributed by atoms with Gasteiger partial charge in [0.05, 0.1) is 11.3 Å². The van der Waals surface area contributed by atoms with Crippen LogP contribution in [0.25, 0.3) is 0 Å². The van der Waals surface area contributed by atoms with E-state index >= 15 is 0 Å². The largest absolute Gasteiger partial charge is 0.350 e. The molecule has 1 aromatic rings. The van der Waals surface area contributed by atoms with E-state index in [4.69, 9.17) is 0 Å². The van der Waals surface area contributed by atoms with E-state index in [1.165, 1.54) is 0 Å². The fourth-order valence-corrected chi connectivity index (χ4v) is 2.45. The van der Waals surface area contributed by atoms with Gasteiger partial charge in [-0.15, -0.1) is 12.4 Å². The van der Waals surface area contributed by atoms with Gasteiger partial charge in [0.25, 0.3) is 5.91 Å². The normalized spacial score (nSPS) is 16.6. The molecule has 1 unspecified atom stereocenters. The number of amides is 3. The van der Waals surface area contributed by atoms with E-state index in [-0.39, 0.29) is 30.4 Å². The van der Waals surface area contributed by atoms with Crippen molar-refractivity contribution in [2.45, 2.75) is 38.8 Å². The topological polar surface area (TPSA) is 82.3 Å². The first-order valence-electron chi connectivity index (χ1n) is 7.74. The molecule has 6 nitrogen and oxygen atoms in total. The van der Waals surface area contributed by atoms with Crippen molar-refractivity contribution in [3.8, 4) is 0 Å². The van der Waals surface area contributed by atoms with Gasteiger partial charge in [0.2, 0.25) is 0 Å². The number of carbonyl (C=O) groups excluding carboxylic acids is 2. The Morgan fingerprint density at radius 2 is 2.04 bits per heavy atom. The maximum Gasteiger partial charge on any atom is 0.319 e. The molecule has 0 saturated carbocycles. The predicted molar refractivity (Wildman–Crippen MR) is 94.3 cm³/mol. The molecular weight excluding hydrogens is 316 g/mol. The molecule has 1 saturated heterocycles. The summed E-state index contributed by atoms with van der Waals surface area (Å²) >= 11 is 0. The van der Waals surface area contributed by atoms with E-state index in [1.807, 2.05) is 13.8 Å². The number of hydrogen-bond acceptors (Lipinski definition) is 3. The lowest BCUT2D eigenvalue weighted by Crippen LogP contribution is -2.38. The number of nitrogens with one attached hydrogen (secondary N) is 4. The summed E-state index contributed by atoms with van der Waals surface area (Å²) in [5, 5.41) is 11.7. The first-order chi connectivity index (χ1) is 10.6. The molecule has 1 aliphatic heterocycles. The summed E-state index contributed by atoms with van der Waals surface area (Å²) in [4.78, 5) is 24.1. The molecule has 0 spiro atoms. The number of carbonyl (C=O) groups is 2. The number of anilines is 1. The van der Waals surface area contributed by atoms with Gasteiger partial charge in [0.15, 0.2) is 0 Å². The third-order valence-corrected chi connectivity index (χ3v) is 3.51. The van der Waals surface area contributed by atoms with Crippen LogP contribution in [0.5, 0.6) is 0 Å². The van der Waals surface area contributed by atoms with Crippen LogP contribution in [0.15, 0.2) is 24.3 Å². The second kappa shape index (κ2) is 9.37. The Hall–Kier alpha value is -1.79. The van der Waals surface area contributed by atoms with Crippen molar-refractivity contribution in [3.05, 3.63) is 29.8 Å². The second-order valence-corrected chi connectivity index (χ2v) is 5.80. The third-order valence-electron chi connectivity index (χ3n) is 3.51. The van der Waals surface area contributed by atoms with Crippen LogP contribution in [0, 0.1) is 0 Å². The Kier molecular flexibility index (Phi) is 7.85. The zero-order valence-electron chi connectivity index (χ0n) is 13.5. The van der Waals surface area contributed by atoms with Gasteiger partial charge in [-0.05, 0) is 45.4 Å². The van der Waals surface area contributed by atoms with Crippen LogP contribution >= 0.6 is 12.4 Å². The van der Waals surface area contributed by atoms with Gasteiger partial charge in [0.1, 0.15) is 0 Å². The molecular formula is C16H25ClN4O2. The lowest BCUT2D eigenvalue weighted by atomic mass is 10.1. The van der Waals surface area contributed by atoms with Crippen molar-refractivity contribution in [1.82, 2.24) is 16.0 Å². The lowest BCUT2D eigenvalue weighted by Gasteiger charge is -2.15. The summed E-state index contributed by atoms with van der Waals surface area (Å²) in [7, 11) is 0. The van der Waals surface area contributed by atoms with Crippen LogP contribution in [-0.4, -0.2) is 37.1 Å². The SMILES string of the molecule is CC(C)NC(=O)Nc1ccccc1C(=O)NCC1CCCN1.Cl. The highest BCUT2D eigenvalue weighted by Crippen LogP contribution is 2.15. The molecule has 3 amide bonds. The molecule has 1 atom stereocenters. The van der Waals surface area contributed by atoms with Gasteiger partial charge in [-0.3, -0.25) is 4.79 Å². The highest BCUT2D eigenvalue weighted by Gasteiger charge is 2.17. The van der Waals surface area contributed by atoms with E-state index in [1.54, 1.807) is 24.3 Å². The molecule has 1 heterocycles. The molecule has 128 valence electrons. The van der Waals surface area contributed by atoms with Gasteiger partial charge in [-0.1, -0.05) is 12.1 Å². The average Bonchev–Trinajstić information content (AvgIpc) is 2.97. The maximum absolute atomic E-state index is 12.3. The molecule has 0 radical (unpaired) electrons. The van der Waals surface area contributed by atoms with Crippen LogP contribution < -0.4 is 21.3 Å². The monoisotopic (exact) mass is 340 g/mol. The number of para-hydroxylation sites is 1. The Labute approximate surface area is 143 Å². The summed E-state index contributed by atoms with van der Waals surface area (Å²) in [6.45, 7) is 5.37. The van der Waals surface area contributed by atoms with E-state index in [0.29, 0.717) is 23.8 Å². The summed E-state index contributed by atoms with van der Waals surface area (Å²) in [6, 6.07) is 7.08. The van der Waals surface area contributed by atoms with Gasteiger partial charge in [-0.2, -0.15) is 0 Å². The third kappa shape index (κ3) is 6.08. The summed E-state index contributed by atoms with van der Waals surface area (Å²) in [6.07, 6.45) is 2.23. The van der Waals surface area contributed by atoms with Crippen molar-refractivity contribution < 1.29 is 9.59 Å². The van der Waals surface area contributed by atoms with E-state index < -0.39 is 0 Å². The minimum absolute atomic E-state index is 0. The summed E-state index contributed by atoms with van der Waals surface area (Å²) < 4.78 is 0. The van der Waals surface area contributed by atoms with Crippen LogP contribution in [0.1, 0.15) is 37.0 Å². The zero-order valence-corrected chi connectivity index (χ0v) is 14.3. The minimum atomic E-state index is -0.312. The van der Waals surface area contributed by atoms with Gasteiger partial charge in [-0.25, -0.2) is 4.79 Å². The smallest absolute Gasteiger partial charge is 0.319 e. The van der Waals surface area contributed by atoms with Crippen LogP contribution in [0.4, 0.5) is 10.5 Å². The first kappa shape index (κ1) is 19.3. The second-order valence-electron chi connectivity index (χ2n) is 5.80. The van der Waals surface area contributed by atoms with Crippen molar-refractivity contribution in [3.63, 3.8) is 0 Å². The molecule has 0 aliphatic carbocycles. The summed E-state index contributed by atoms with van der Waals surface area (Å²) in [5.74, 6) is -0.172. The zero-order chi connectivity index (χ0) is 15.9. The Morgan fingerprint density at radius 3 is 2.70 bits per heavy atom. The van der Waals surface area contributed by atoms with Crippen molar-refractivity contribution in [2.75, 3.05) is 18.4 Å². The van der Waals surface area contributed by atoms with Crippen LogP contribution in [0.3, 0.4) is 0 Å². The van der Waals surface area contributed by atoms with Crippen molar-refractivity contribution >= 4 is 30.0 Å². The van der Waals surface area contributed by atoms with E-state index in [9.17, 15) is 9.59 Å². The Balaban J connectivity index is 0.00000264. The number of halogens is 1. The molecule has 1 aliphatic rings. The van der Waals surface area contributed by atoms with Crippen molar-refractivity contribution in [1.29, 1.82) is 0 Å². The highest BCUT2D eigenvalue weighted by molar-refractivity contribution is 6.03. The van der Waals surface area contributed by atoms with Gasteiger partial charge in [0, 0.05) is 18.6 Å². The fourth-order valence-electron chi connectivity index (χ4n) is 2.45. The molecule has 4 N–H and O–H groups in total. The first-order valence-corrected chi connectivity index (χ1v) is 7.74. The van der Waals surface area contributed by atoms with Crippen LogP contribution in [0.2, 0.25) is 0 Å². The maximum atomic E-state index is 12.3. The lowest BCUT2D eigenvalue weighted by molar-refractivity contribution is 0.0951. The minimum Gasteiger partial charge on any atom is -0.350 e. The van der Waals surface area contributed by atoms with E-state index in [0.717, 1.165) is 19.4 Å². The number of urea groups is 1. The standard InChI is InChI=1S/C16H24N4O2.ClH/c1-11(2)19-16(22)20-14-8-4-3-7-13(14)15(21)18-10-12-6-5-9-17-12;/h3-4,7-8,11-12,17H,5-6,9-10H2,1-2H3,(H,18,21)(H2,19,20,22);1H. The summed E-state index contributed by atoms with van der Waals surface area (Å²) in [5.41, 5.74) is 0.983. The quantitative estimate of drug-likeness (QED) is 0.662. The number of rotatable bonds is 5. The van der Waals surface area contributed by atoms with Gasteiger partial charge < -0.3 is 21.3 Å². The molecule has 0 aromatic heterocycles. The Morgan fingerprint density at radius 1 is 1.30 bits per heavy atom. The molecule has 7 heteroatoms. The molecule has 1 fully saturated rings. The predicted octanol–water partition coefficient (Wildman–Crippen LogP) is 2.12. The number of benzene rings is 1.